The van der Waals surface area contributed by atoms with Gasteiger partial charge in [-0.15, -0.1) is 11.3 Å². The number of fused-ring (bicyclic) bond motifs is 2. The predicted octanol–water partition coefficient (Wildman–Crippen LogP) is 4.19. The van der Waals surface area contributed by atoms with Gasteiger partial charge >= 0.3 is 5.97 Å². The molecule has 0 radical (unpaired) electrons. The molecule has 0 aliphatic carbocycles. The number of rotatable bonds is 4. The van der Waals surface area contributed by atoms with Gasteiger partial charge in [0, 0.05) is 18.4 Å². The van der Waals surface area contributed by atoms with Gasteiger partial charge in [-0.05, 0) is 29.7 Å². The van der Waals surface area contributed by atoms with Crippen LogP contribution in [0.3, 0.4) is 0 Å². The molecule has 7 heteroatoms. The van der Waals surface area contributed by atoms with Crippen LogP contribution in [0.5, 0.6) is 0 Å². The Kier molecular flexibility index (Phi) is 5.27. The van der Waals surface area contributed by atoms with Gasteiger partial charge in [0.05, 0.1) is 24.2 Å². The van der Waals surface area contributed by atoms with Crippen molar-refractivity contribution >= 4 is 33.4 Å². The van der Waals surface area contributed by atoms with Crippen molar-refractivity contribution in [2.75, 3.05) is 7.11 Å². The fourth-order valence-corrected chi connectivity index (χ4v) is 5.42. The van der Waals surface area contributed by atoms with Gasteiger partial charge in [0.2, 0.25) is 0 Å². The summed E-state index contributed by atoms with van der Waals surface area (Å²) >= 11 is 1.43. The number of thiophene rings is 1. The van der Waals surface area contributed by atoms with Crippen molar-refractivity contribution in [2.45, 2.75) is 32.5 Å². The van der Waals surface area contributed by atoms with E-state index in [4.69, 9.17) is 4.74 Å². The lowest BCUT2D eigenvalue weighted by molar-refractivity contribution is -0.146. The van der Waals surface area contributed by atoms with E-state index >= 15 is 0 Å². The summed E-state index contributed by atoms with van der Waals surface area (Å²) in [5, 5.41) is 5.65. The van der Waals surface area contributed by atoms with Crippen molar-refractivity contribution in [3.8, 4) is 0 Å². The third-order valence-corrected chi connectivity index (χ3v) is 7.11. The van der Waals surface area contributed by atoms with Crippen LogP contribution in [0, 0.1) is 6.92 Å². The molecule has 5 rings (SSSR count). The van der Waals surface area contributed by atoms with Crippen molar-refractivity contribution in [1.29, 1.82) is 0 Å². The molecule has 1 atom stereocenters. The Bertz CT molecular complexity index is 1310. The number of hydrogen-bond donors (Lipinski definition) is 0. The largest absolute Gasteiger partial charge is 0.467 e. The van der Waals surface area contributed by atoms with Crippen LogP contribution < -0.4 is 0 Å². The molecule has 32 heavy (non-hydrogen) atoms. The molecule has 0 N–H and O–H groups in total. The van der Waals surface area contributed by atoms with Crippen LogP contribution in [0.4, 0.5) is 0 Å². The minimum atomic E-state index is -0.630. The summed E-state index contributed by atoms with van der Waals surface area (Å²) in [5.41, 5.74) is 4.18. The second kappa shape index (κ2) is 8.24. The maximum Gasteiger partial charge on any atom is 0.328 e. The fraction of sp³-hybridized carbons (Fsp3) is 0.240. The molecule has 0 bridgehead atoms. The Morgan fingerprint density at radius 3 is 2.56 bits per heavy atom. The van der Waals surface area contributed by atoms with E-state index in [1.807, 2.05) is 60.1 Å². The zero-order valence-corrected chi connectivity index (χ0v) is 18.8. The first-order valence-electron chi connectivity index (χ1n) is 10.5. The number of benzene rings is 2. The highest BCUT2D eigenvalue weighted by molar-refractivity contribution is 7.20. The number of methoxy groups -OCH3 is 1. The molecule has 2 aromatic heterocycles. The normalized spacial score (nSPS) is 15.6. The number of nitrogens with zero attached hydrogens (tertiary/aromatic N) is 3. The lowest BCUT2D eigenvalue weighted by Gasteiger charge is -2.34. The molecule has 0 unspecified atom stereocenters. The van der Waals surface area contributed by atoms with Gasteiger partial charge in [0.15, 0.2) is 0 Å². The van der Waals surface area contributed by atoms with E-state index in [1.165, 1.54) is 18.4 Å². The minimum Gasteiger partial charge on any atom is -0.467 e. The summed E-state index contributed by atoms with van der Waals surface area (Å²) in [6, 6.07) is 19.3. The smallest absolute Gasteiger partial charge is 0.328 e. The Balaban J connectivity index is 1.49. The zero-order valence-electron chi connectivity index (χ0n) is 17.9. The quantitative estimate of drug-likeness (QED) is 0.442. The van der Waals surface area contributed by atoms with Crippen molar-refractivity contribution in [3.05, 3.63) is 87.9 Å². The average Bonchev–Trinajstić information content (AvgIpc) is 3.39. The maximum atomic E-state index is 13.6. The number of esters is 1. The summed E-state index contributed by atoms with van der Waals surface area (Å²) < 4.78 is 6.98. The summed E-state index contributed by atoms with van der Waals surface area (Å²) in [5.74, 6) is -0.540. The van der Waals surface area contributed by atoms with E-state index in [-0.39, 0.29) is 11.9 Å². The molecule has 3 heterocycles. The number of carbonyl (C=O) groups excluding carboxylic acids is 2. The first-order chi connectivity index (χ1) is 15.5. The van der Waals surface area contributed by atoms with E-state index in [9.17, 15) is 9.59 Å². The van der Waals surface area contributed by atoms with Crippen molar-refractivity contribution in [1.82, 2.24) is 14.7 Å². The summed E-state index contributed by atoms with van der Waals surface area (Å²) in [4.78, 5) is 29.3. The Morgan fingerprint density at radius 1 is 1.09 bits per heavy atom. The molecule has 2 aromatic carbocycles. The topological polar surface area (TPSA) is 64.4 Å². The number of aromatic nitrogens is 2. The molecule has 162 valence electrons. The third-order valence-electron chi connectivity index (χ3n) is 5.98. The average molecular weight is 446 g/mol. The van der Waals surface area contributed by atoms with E-state index in [1.54, 1.807) is 4.90 Å². The first kappa shape index (κ1) is 20.5. The van der Waals surface area contributed by atoms with Crippen molar-refractivity contribution in [2.24, 2.45) is 0 Å². The van der Waals surface area contributed by atoms with Crippen molar-refractivity contribution < 1.29 is 14.3 Å². The number of hydrogen-bond acceptors (Lipinski definition) is 5. The van der Waals surface area contributed by atoms with Crippen LogP contribution in [0.15, 0.2) is 60.7 Å². The van der Waals surface area contributed by atoms with Gasteiger partial charge in [-0.25, -0.2) is 4.79 Å². The van der Waals surface area contributed by atoms with Gasteiger partial charge in [-0.1, -0.05) is 54.6 Å². The minimum absolute atomic E-state index is 0.151. The number of aryl methyl sites for hydroxylation is 1. The highest BCUT2D eigenvalue weighted by Gasteiger charge is 2.36. The second-order valence-electron chi connectivity index (χ2n) is 8.00. The fourth-order valence-electron chi connectivity index (χ4n) is 4.31. The van der Waals surface area contributed by atoms with Crippen molar-refractivity contribution in [3.63, 3.8) is 0 Å². The Morgan fingerprint density at radius 2 is 1.81 bits per heavy atom. The molecule has 0 saturated heterocycles. The molecule has 1 aliphatic heterocycles. The highest BCUT2D eigenvalue weighted by Crippen LogP contribution is 2.32. The SMILES string of the molecule is COC(=O)[C@H]1Cc2ccccc2CN1C(=O)c1cc2c(C)nn(Cc3ccccc3)c2s1. The lowest BCUT2D eigenvalue weighted by Crippen LogP contribution is -2.48. The van der Waals surface area contributed by atoms with Crippen LogP contribution in [0.25, 0.3) is 10.2 Å². The van der Waals surface area contributed by atoms with Crippen LogP contribution in [0.1, 0.15) is 32.1 Å². The molecule has 4 aromatic rings. The Hall–Kier alpha value is -3.45. The van der Waals surface area contributed by atoms with Gasteiger partial charge in [0.1, 0.15) is 10.9 Å². The summed E-state index contributed by atoms with van der Waals surface area (Å²) in [7, 11) is 1.37. The standard InChI is InChI=1S/C25H23N3O3S/c1-16-20-13-22(32-24(20)28(26-16)14-17-8-4-3-5-9-17)23(29)27-15-19-11-7-6-10-18(19)12-21(27)25(30)31-2/h3-11,13,21H,12,14-15H2,1-2H3/t21-/m1/s1. The monoisotopic (exact) mass is 445 g/mol. The molecule has 6 nitrogen and oxygen atoms in total. The van der Waals surface area contributed by atoms with Gasteiger partial charge in [-0.3, -0.25) is 9.48 Å². The molecular weight excluding hydrogens is 422 g/mol. The predicted molar refractivity (Wildman–Crippen MR) is 124 cm³/mol. The van der Waals surface area contributed by atoms with Crippen LogP contribution in [-0.2, 0) is 29.0 Å². The number of ether oxygens (including phenoxy) is 1. The molecular formula is C25H23N3O3S. The zero-order chi connectivity index (χ0) is 22.2. The first-order valence-corrected chi connectivity index (χ1v) is 11.3. The van der Waals surface area contributed by atoms with Gasteiger partial charge in [-0.2, -0.15) is 5.10 Å². The van der Waals surface area contributed by atoms with E-state index < -0.39 is 6.04 Å². The Labute approximate surface area is 190 Å². The molecule has 0 fully saturated rings. The molecule has 1 amide bonds. The van der Waals surface area contributed by atoms with Crippen LogP contribution >= 0.6 is 11.3 Å². The van der Waals surface area contributed by atoms with Gasteiger partial charge < -0.3 is 9.64 Å². The van der Waals surface area contributed by atoms with Crippen LogP contribution in [0.2, 0.25) is 0 Å². The lowest BCUT2D eigenvalue weighted by atomic mass is 9.94. The van der Waals surface area contributed by atoms with E-state index in [0.717, 1.165) is 32.6 Å². The molecule has 1 aliphatic rings. The number of carbonyl (C=O) groups is 2. The second-order valence-corrected chi connectivity index (χ2v) is 9.03. The summed E-state index contributed by atoms with van der Waals surface area (Å²) in [6.45, 7) is 2.98. The van der Waals surface area contributed by atoms with Crippen LogP contribution in [-0.4, -0.2) is 39.7 Å². The van der Waals surface area contributed by atoms with E-state index in [0.29, 0.717) is 24.4 Å². The maximum absolute atomic E-state index is 13.6. The summed E-state index contributed by atoms with van der Waals surface area (Å²) in [6.07, 6.45) is 0.459. The molecule has 0 saturated carbocycles. The number of amides is 1. The van der Waals surface area contributed by atoms with E-state index in [2.05, 4.69) is 17.2 Å². The molecule has 0 spiro atoms. The highest BCUT2D eigenvalue weighted by atomic mass is 32.1. The third kappa shape index (κ3) is 3.58. The van der Waals surface area contributed by atoms with Gasteiger partial charge in [0.25, 0.3) is 5.91 Å².